The molecule has 1 aromatic rings. The monoisotopic (exact) mass is 237 g/mol. The van der Waals surface area contributed by atoms with Gasteiger partial charge < -0.3 is 5.73 Å². The molecule has 0 fully saturated rings. The zero-order valence-electron chi connectivity index (χ0n) is 11.1. The molecule has 1 unspecified atom stereocenters. The van der Waals surface area contributed by atoms with Gasteiger partial charge >= 0.3 is 0 Å². The van der Waals surface area contributed by atoms with E-state index in [0.29, 0.717) is 13.0 Å². The van der Waals surface area contributed by atoms with Crippen LogP contribution in [0.4, 0.5) is 0 Å². The highest BCUT2D eigenvalue weighted by Gasteiger charge is 2.17. The first-order chi connectivity index (χ1) is 8.12. The lowest BCUT2D eigenvalue weighted by atomic mass is 9.95. The van der Waals surface area contributed by atoms with E-state index in [-0.39, 0.29) is 11.7 Å². The van der Waals surface area contributed by atoms with Gasteiger partial charge in [0, 0.05) is 31.6 Å². The van der Waals surface area contributed by atoms with Crippen molar-refractivity contribution < 1.29 is 4.79 Å². The number of nitrogens with zero attached hydrogens (tertiary/aromatic N) is 2. The molecule has 0 aromatic carbocycles. The fourth-order valence-electron chi connectivity index (χ4n) is 1.99. The quantitative estimate of drug-likeness (QED) is 0.781. The Labute approximate surface area is 103 Å². The van der Waals surface area contributed by atoms with Crippen molar-refractivity contribution in [1.29, 1.82) is 0 Å². The van der Waals surface area contributed by atoms with Gasteiger partial charge in [-0.15, -0.1) is 0 Å². The molecule has 0 amide bonds. The number of hydrogen-bond acceptors (Lipinski definition) is 3. The molecular formula is C13H23N3O. The van der Waals surface area contributed by atoms with Crippen LogP contribution in [0.2, 0.25) is 0 Å². The average molecular weight is 237 g/mol. The van der Waals surface area contributed by atoms with Crippen molar-refractivity contribution in [3.8, 4) is 0 Å². The van der Waals surface area contributed by atoms with Crippen LogP contribution < -0.4 is 5.73 Å². The fraction of sp³-hybridized carbons (Fsp3) is 0.692. The second-order valence-corrected chi connectivity index (χ2v) is 4.47. The summed E-state index contributed by atoms with van der Waals surface area (Å²) in [6, 6.07) is 2.01. The summed E-state index contributed by atoms with van der Waals surface area (Å²) < 4.78 is 1.80. The zero-order chi connectivity index (χ0) is 12.8. The Kier molecular flexibility index (Phi) is 5.35. The highest BCUT2D eigenvalue weighted by atomic mass is 16.1. The lowest BCUT2D eigenvalue weighted by molar-refractivity contribution is -0.122. The molecule has 4 nitrogen and oxygen atoms in total. The van der Waals surface area contributed by atoms with Gasteiger partial charge in [-0.1, -0.05) is 20.3 Å². The third-order valence-corrected chi connectivity index (χ3v) is 3.12. The van der Waals surface area contributed by atoms with E-state index in [1.165, 1.54) is 0 Å². The van der Waals surface area contributed by atoms with Gasteiger partial charge in [-0.05, 0) is 18.9 Å². The fourth-order valence-corrected chi connectivity index (χ4v) is 1.99. The van der Waals surface area contributed by atoms with E-state index in [4.69, 9.17) is 5.73 Å². The largest absolute Gasteiger partial charge is 0.330 e. The van der Waals surface area contributed by atoms with E-state index in [9.17, 15) is 4.79 Å². The van der Waals surface area contributed by atoms with Crippen molar-refractivity contribution in [2.24, 2.45) is 18.7 Å². The van der Waals surface area contributed by atoms with Gasteiger partial charge in [-0.3, -0.25) is 9.48 Å². The van der Waals surface area contributed by atoms with Crippen LogP contribution in [0, 0.1) is 5.92 Å². The smallest absolute Gasteiger partial charge is 0.143 e. The lowest BCUT2D eigenvalue weighted by Crippen LogP contribution is -2.25. The molecule has 0 aliphatic rings. The number of rotatable bonds is 7. The number of aryl methyl sites for hydroxylation is 2. The number of ketones is 1. The van der Waals surface area contributed by atoms with E-state index in [1.807, 2.05) is 13.1 Å². The molecule has 96 valence electrons. The summed E-state index contributed by atoms with van der Waals surface area (Å²) in [4.78, 5) is 12.1. The molecule has 0 saturated carbocycles. The number of carbonyl (C=O) groups is 1. The summed E-state index contributed by atoms with van der Waals surface area (Å²) in [6.07, 6.45) is 3.23. The van der Waals surface area contributed by atoms with Gasteiger partial charge in [-0.2, -0.15) is 5.10 Å². The second-order valence-electron chi connectivity index (χ2n) is 4.47. The van der Waals surface area contributed by atoms with Crippen molar-refractivity contribution in [3.05, 3.63) is 17.5 Å². The van der Waals surface area contributed by atoms with Gasteiger partial charge in [0.2, 0.25) is 0 Å². The van der Waals surface area contributed by atoms with Gasteiger partial charge in [0.1, 0.15) is 5.78 Å². The molecule has 1 heterocycles. The van der Waals surface area contributed by atoms with Crippen molar-refractivity contribution >= 4 is 5.78 Å². The Hall–Kier alpha value is -1.16. The normalized spacial score (nSPS) is 12.7. The van der Waals surface area contributed by atoms with Crippen molar-refractivity contribution in [2.75, 3.05) is 6.54 Å². The molecule has 0 spiro atoms. The first-order valence-corrected chi connectivity index (χ1v) is 6.36. The Balaban J connectivity index is 2.69. The summed E-state index contributed by atoms with van der Waals surface area (Å²) in [5.74, 6) is 0.236. The summed E-state index contributed by atoms with van der Waals surface area (Å²) >= 11 is 0. The molecule has 1 rings (SSSR count). The van der Waals surface area contributed by atoms with Crippen molar-refractivity contribution in [2.45, 2.75) is 39.5 Å². The van der Waals surface area contributed by atoms with Crippen molar-refractivity contribution in [3.63, 3.8) is 0 Å². The molecule has 0 radical (unpaired) electrons. The zero-order valence-corrected chi connectivity index (χ0v) is 11.1. The average Bonchev–Trinajstić information content (AvgIpc) is 2.67. The maximum Gasteiger partial charge on any atom is 0.143 e. The number of Topliss-reactive ketones (excluding diaryl/α,β-unsaturated/α-hetero) is 1. The van der Waals surface area contributed by atoms with E-state index in [2.05, 4.69) is 18.9 Å². The first-order valence-electron chi connectivity index (χ1n) is 6.36. The minimum atomic E-state index is -0.0000217. The minimum absolute atomic E-state index is 0.0000217. The van der Waals surface area contributed by atoms with E-state index in [1.54, 1.807) is 4.68 Å². The molecule has 4 heteroatoms. The first kappa shape index (κ1) is 13.9. The number of hydrogen-bond donors (Lipinski definition) is 1. The molecule has 1 atom stereocenters. The third-order valence-electron chi connectivity index (χ3n) is 3.12. The molecule has 2 N–H and O–H groups in total. The maximum atomic E-state index is 12.1. The van der Waals surface area contributed by atoms with Gasteiger partial charge in [0.25, 0.3) is 0 Å². The lowest BCUT2D eigenvalue weighted by Gasteiger charge is -2.12. The van der Waals surface area contributed by atoms with Gasteiger partial charge in [-0.25, -0.2) is 0 Å². The molecule has 0 saturated heterocycles. The van der Waals surface area contributed by atoms with Crippen LogP contribution in [0.3, 0.4) is 0 Å². The van der Waals surface area contributed by atoms with Crippen LogP contribution in [0.1, 0.15) is 38.1 Å². The molecular weight excluding hydrogens is 214 g/mol. The van der Waals surface area contributed by atoms with Crippen molar-refractivity contribution in [1.82, 2.24) is 9.78 Å². The van der Waals surface area contributed by atoms with Crippen LogP contribution in [-0.2, 0) is 24.7 Å². The standard InChI is InChI=1S/C13H23N3O/c1-4-6-10(9-14)13(17)8-12-7-11(5-2)15-16(12)3/h7,10H,4-6,8-9,14H2,1-3H3. The number of nitrogens with two attached hydrogens (primary N) is 1. The number of carbonyl (C=O) groups excluding carboxylic acids is 1. The highest BCUT2D eigenvalue weighted by molar-refractivity contribution is 5.83. The van der Waals surface area contributed by atoms with E-state index in [0.717, 1.165) is 30.7 Å². The summed E-state index contributed by atoms with van der Waals surface area (Å²) in [5, 5.41) is 4.35. The maximum absolute atomic E-state index is 12.1. The van der Waals surface area contributed by atoms with E-state index < -0.39 is 0 Å². The van der Waals surface area contributed by atoms with Crippen LogP contribution in [0.5, 0.6) is 0 Å². The molecule has 0 bridgehead atoms. The van der Waals surface area contributed by atoms with Crippen LogP contribution in [0.15, 0.2) is 6.07 Å². The Bertz CT molecular complexity index is 371. The van der Waals surface area contributed by atoms with Crippen LogP contribution >= 0.6 is 0 Å². The minimum Gasteiger partial charge on any atom is -0.330 e. The summed E-state index contributed by atoms with van der Waals surface area (Å²) in [7, 11) is 1.89. The molecule has 1 aromatic heterocycles. The predicted molar refractivity (Wildman–Crippen MR) is 68.7 cm³/mol. The highest BCUT2D eigenvalue weighted by Crippen LogP contribution is 2.12. The molecule has 17 heavy (non-hydrogen) atoms. The molecule has 0 aliphatic carbocycles. The SMILES string of the molecule is CCCC(CN)C(=O)Cc1cc(CC)nn1C. The Morgan fingerprint density at radius 2 is 2.24 bits per heavy atom. The van der Waals surface area contributed by atoms with Gasteiger partial charge in [0.15, 0.2) is 0 Å². The summed E-state index contributed by atoms with van der Waals surface area (Å²) in [5.41, 5.74) is 7.66. The van der Waals surface area contributed by atoms with Crippen LogP contribution in [-0.4, -0.2) is 22.1 Å². The molecule has 0 aliphatic heterocycles. The third kappa shape index (κ3) is 3.66. The Morgan fingerprint density at radius 3 is 2.71 bits per heavy atom. The van der Waals surface area contributed by atoms with Gasteiger partial charge in [0.05, 0.1) is 5.69 Å². The number of aromatic nitrogens is 2. The summed E-state index contributed by atoms with van der Waals surface area (Å²) in [6.45, 7) is 4.59. The topological polar surface area (TPSA) is 60.9 Å². The predicted octanol–water partition coefficient (Wildman–Crippen LogP) is 1.47. The Morgan fingerprint density at radius 1 is 1.53 bits per heavy atom. The second kappa shape index (κ2) is 6.55. The van der Waals surface area contributed by atoms with Crippen LogP contribution in [0.25, 0.3) is 0 Å². The van der Waals surface area contributed by atoms with E-state index >= 15 is 0 Å².